The van der Waals surface area contributed by atoms with Crippen LogP contribution in [0.2, 0.25) is 0 Å². The summed E-state index contributed by atoms with van der Waals surface area (Å²) >= 11 is 0. The molecule has 0 aliphatic carbocycles. The Hall–Kier alpha value is -2.67. The third kappa shape index (κ3) is 3.99. The fourth-order valence-corrected chi connectivity index (χ4v) is 2.64. The van der Waals surface area contributed by atoms with E-state index in [1.807, 2.05) is 12.1 Å². The van der Waals surface area contributed by atoms with Crippen molar-refractivity contribution in [3.05, 3.63) is 54.2 Å². The highest BCUT2D eigenvalue weighted by Gasteiger charge is 2.25. The maximum atomic E-state index is 12.2. The molecule has 7 heteroatoms. The summed E-state index contributed by atoms with van der Waals surface area (Å²) in [4.78, 5) is 31.9. The Kier molecular flexibility index (Phi) is 5.22. The van der Waals surface area contributed by atoms with E-state index in [9.17, 15) is 9.59 Å². The molecule has 0 unspecified atom stereocenters. The van der Waals surface area contributed by atoms with Crippen molar-refractivity contribution in [3.63, 3.8) is 0 Å². The SMILES string of the molecule is O=C(CNCc1cccnc1)N1CCN(C(=O)c2ccco2)CC1. The van der Waals surface area contributed by atoms with E-state index in [4.69, 9.17) is 4.42 Å². The molecule has 3 rings (SSSR count). The second kappa shape index (κ2) is 7.74. The molecule has 2 aromatic heterocycles. The summed E-state index contributed by atoms with van der Waals surface area (Å²) in [5, 5.41) is 3.13. The van der Waals surface area contributed by atoms with Crippen molar-refractivity contribution in [2.45, 2.75) is 6.54 Å². The number of aromatic nitrogens is 1. The molecule has 7 nitrogen and oxygen atoms in total. The molecule has 0 radical (unpaired) electrons. The van der Waals surface area contributed by atoms with E-state index in [1.165, 1.54) is 6.26 Å². The van der Waals surface area contributed by atoms with Gasteiger partial charge in [0, 0.05) is 45.1 Å². The van der Waals surface area contributed by atoms with E-state index in [0.717, 1.165) is 5.56 Å². The highest BCUT2D eigenvalue weighted by molar-refractivity contribution is 5.91. The molecule has 0 spiro atoms. The van der Waals surface area contributed by atoms with Crippen molar-refractivity contribution >= 4 is 11.8 Å². The standard InChI is InChI=1S/C17H20N4O3/c22-16(13-19-12-14-3-1-5-18-11-14)20-6-8-21(9-7-20)17(23)15-4-2-10-24-15/h1-5,10-11,19H,6-9,12-13H2. The molecule has 24 heavy (non-hydrogen) atoms. The molecule has 126 valence electrons. The summed E-state index contributed by atoms with van der Waals surface area (Å²) in [5.41, 5.74) is 1.04. The zero-order chi connectivity index (χ0) is 16.8. The van der Waals surface area contributed by atoms with E-state index in [2.05, 4.69) is 10.3 Å². The largest absolute Gasteiger partial charge is 0.459 e. The number of hydrogen-bond acceptors (Lipinski definition) is 5. The van der Waals surface area contributed by atoms with Gasteiger partial charge in [-0.1, -0.05) is 6.07 Å². The minimum atomic E-state index is -0.123. The van der Waals surface area contributed by atoms with Gasteiger partial charge in [0.2, 0.25) is 5.91 Å². The number of piperazine rings is 1. The van der Waals surface area contributed by atoms with Crippen LogP contribution in [-0.2, 0) is 11.3 Å². The van der Waals surface area contributed by atoms with E-state index < -0.39 is 0 Å². The average molecular weight is 328 g/mol. The number of nitrogens with one attached hydrogen (secondary N) is 1. The minimum Gasteiger partial charge on any atom is -0.459 e. The molecule has 3 heterocycles. The first-order valence-corrected chi connectivity index (χ1v) is 7.94. The summed E-state index contributed by atoms with van der Waals surface area (Å²) < 4.78 is 5.13. The van der Waals surface area contributed by atoms with Gasteiger partial charge in [-0.15, -0.1) is 0 Å². The van der Waals surface area contributed by atoms with Crippen molar-refractivity contribution in [2.75, 3.05) is 32.7 Å². The number of hydrogen-bond donors (Lipinski definition) is 1. The van der Waals surface area contributed by atoms with Gasteiger partial charge < -0.3 is 19.5 Å². The number of nitrogens with zero attached hydrogens (tertiary/aromatic N) is 3. The van der Waals surface area contributed by atoms with Crippen LogP contribution in [0.5, 0.6) is 0 Å². The minimum absolute atomic E-state index is 0.0454. The summed E-state index contributed by atoms with van der Waals surface area (Å²) in [6, 6.07) is 7.18. The Morgan fingerprint density at radius 1 is 1.12 bits per heavy atom. The maximum Gasteiger partial charge on any atom is 0.289 e. The van der Waals surface area contributed by atoms with Crippen molar-refractivity contribution in [2.24, 2.45) is 0 Å². The van der Waals surface area contributed by atoms with Crippen LogP contribution in [0.1, 0.15) is 16.1 Å². The van der Waals surface area contributed by atoms with Crippen LogP contribution in [0.25, 0.3) is 0 Å². The summed E-state index contributed by atoms with van der Waals surface area (Å²) in [6.07, 6.45) is 4.98. The zero-order valence-electron chi connectivity index (χ0n) is 13.4. The van der Waals surface area contributed by atoms with Crippen LogP contribution >= 0.6 is 0 Å². The Morgan fingerprint density at radius 2 is 1.92 bits per heavy atom. The molecule has 1 N–H and O–H groups in total. The first-order valence-electron chi connectivity index (χ1n) is 7.94. The second-order valence-electron chi connectivity index (χ2n) is 5.62. The number of furan rings is 1. The first kappa shape index (κ1) is 16.2. The molecule has 0 bridgehead atoms. The third-order valence-corrected chi connectivity index (χ3v) is 3.98. The quantitative estimate of drug-likeness (QED) is 0.876. The molecule has 1 saturated heterocycles. The second-order valence-corrected chi connectivity index (χ2v) is 5.62. The summed E-state index contributed by atoms with van der Waals surface area (Å²) in [5.74, 6) is 0.263. The van der Waals surface area contributed by atoms with Gasteiger partial charge in [-0.25, -0.2) is 0 Å². The van der Waals surface area contributed by atoms with Crippen molar-refractivity contribution < 1.29 is 14.0 Å². The van der Waals surface area contributed by atoms with E-state index in [0.29, 0.717) is 38.5 Å². The Bertz CT molecular complexity index is 664. The molecular weight excluding hydrogens is 308 g/mol. The molecule has 0 aromatic carbocycles. The predicted octanol–water partition coefficient (Wildman–Crippen LogP) is 0.749. The van der Waals surface area contributed by atoms with Crippen LogP contribution in [-0.4, -0.2) is 59.3 Å². The zero-order valence-corrected chi connectivity index (χ0v) is 13.4. The van der Waals surface area contributed by atoms with Crippen LogP contribution in [0.15, 0.2) is 47.3 Å². The lowest BCUT2D eigenvalue weighted by molar-refractivity contribution is -0.131. The molecule has 1 fully saturated rings. The topological polar surface area (TPSA) is 78.7 Å². The third-order valence-electron chi connectivity index (χ3n) is 3.98. The summed E-state index contributed by atoms with van der Waals surface area (Å²) in [7, 11) is 0. The van der Waals surface area contributed by atoms with Gasteiger partial charge in [0.1, 0.15) is 0 Å². The van der Waals surface area contributed by atoms with Crippen LogP contribution in [0.4, 0.5) is 0 Å². The van der Waals surface area contributed by atoms with Crippen molar-refractivity contribution in [3.8, 4) is 0 Å². The fourth-order valence-electron chi connectivity index (χ4n) is 2.64. The lowest BCUT2D eigenvalue weighted by Gasteiger charge is -2.34. The lowest BCUT2D eigenvalue weighted by Crippen LogP contribution is -2.52. The Balaban J connectivity index is 1.41. The monoisotopic (exact) mass is 328 g/mol. The number of carbonyl (C=O) groups excluding carboxylic acids is 2. The Labute approximate surface area is 140 Å². The van der Waals surface area contributed by atoms with E-state index in [-0.39, 0.29) is 18.4 Å². The van der Waals surface area contributed by atoms with E-state index in [1.54, 1.807) is 34.3 Å². The van der Waals surface area contributed by atoms with Crippen LogP contribution in [0, 0.1) is 0 Å². The van der Waals surface area contributed by atoms with Gasteiger partial charge in [-0.3, -0.25) is 14.6 Å². The van der Waals surface area contributed by atoms with Gasteiger partial charge in [-0.2, -0.15) is 0 Å². The van der Waals surface area contributed by atoms with Crippen molar-refractivity contribution in [1.29, 1.82) is 0 Å². The number of carbonyl (C=O) groups is 2. The maximum absolute atomic E-state index is 12.2. The van der Waals surface area contributed by atoms with Crippen LogP contribution < -0.4 is 5.32 Å². The van der Waals surface area contributed by atoms with E-state index >= 15 is 0 Å². The number of pyridine rings is 1. The van der Waals surface area contributed by atoms with Gasteiger partial charge in [-0.05, 0) is 23.8 Å². The normalized spacial score (nSPS) is 14.7. The first-order chi connectivity index (χ1) is 11.7. The Morgan fingerprint density at radius 3 is 2.58 bits per heavy atom. The molecule has 0 atom stereocenters. The van der Waals surface area contributed by atoms with Gasteiger partial charge in [0.15, 0.2) is 5.76 Å². The molecule has 2 amide bonds. The fraction of sp³-hybridized carbons (Fsp3) is 0.353. The molecular formula is C17H20N4O3. The molecule has 2 aromatic rings. The number of rotatable bonds is 5. The smallest absolute Gasteiger partial charge is 0.289 e. The molecule has 1 aliphatic heterocycles. The predicted molar refractivity (Wildman–Crippen MR) is 87.1 cm³/mol. The molecule has 0 saturated carbocycles. The molecule has 1 aliphatic rings. The lowest BCUT2D eigenvalue weighted by atomic mass is 10.2. The van der Waals surface area contributed by atoms with Gasteiger partial charge >= 0.3 is 0 Å². The highest BCUT2D eigenvalue weighted by Crippen LogP contribution is 2.09. The van der Waals surface area contributed by atoms with Gasteiger partial charge in [0.05, 0.1) is 12.8 Å². The summed E-state index contributed by atoms with van der Waals surface area (Å²) in [6.45, 7) is 3.01. The number of amides is 2. The highest BCUT2D eigenvalue weighted by atomic mass is 16.3. The van der Waals surface area contributed by atoms with Gasteiger partial charge in [0.25, 0.3) is 5.91 Å². The van der Waals surface area contributed by atoms with Crippen molar-refractivity contribution in [1.82, 2.24) is 20.1 Å². The average Bonchev–Trinajstić information content (AvgIpc) is 3.17. The van der Waals surface area contributed by atoms with Crippen LogP contribution in [0.3, 0.4) is 0 Å².